The number of amides is 3. The Balaban J connectivity index is 1.27. The second-order valence-corrected chi connectivity index (χ2v) is 13.8. The minimum Gasteiger partial charge on any atom is -0.445 e. The zero-order valence-electron chi connectivity index (χ0n) is 29.6. The normalized spacial score (nSPS) is 14.5. The quantitative estimate of drug-likeness (QED) is 0.132. The fourth-order valence-corrected chi connectivity index (χ4v) is 6.30. The van der Waals surface area contributed by atoms with E-state index in [1.54, 1.807) is 80.6 Å². The summed E-state index contributed by atoms with van der Waals surface area (Å²) < 4.78 is 11.1. The number of hydrogen-bond acceptors (Lipinski definition) is 9. The highest BCUT2D eigenvalue weighted by Gasteiger charge is 2.37. The zero-order valence-corrected chi connectivity index (χ0v) is 31.1. The van der Waals surface area contributed by atoms with Crippen LogP contribution in [-0.4, -0.2) is 58.4 Å². The van der Waals surface area contributed by atoms with Crippen molar-refractivity contribution < 1.29 is 28.3 Å². The van der Waals surface area contributed by atoms with Crippen molar-refractivity contribution in [1.29, 1.82) is 0 Å². The average Bonchev–Trinajstić information content (AvgIpc) is 3.59. The summed E-state index contributed by atoms with van der Waals surface area (Å²) in [6.45, 7) is 4.86. The summed E-state index contributed by atoms with van der Waals surface area (Å²) in [6, 6.07) is 27.3. The number of rotatable bonds is 12. The number of hydrogen-bond donors (Lipinski definition) is 2. The maximum absolute atomic E-state index is 14.4. The van der Waals surface area contributed by atoms with Crippen LogP contribution in [0.3, 0.4) is 0 Å². The van der Waals surface area contributed by atoms with Gasteiger partial charge in [0.05, 0.1) is 23.9 Å². The van der Waals surface area contributed by atoms with Gasteiger partial charge in [0.2, 0.25) is 23.7 Å². The first-order valence-electron chi connectivity index (χ1n) is 17.1. The largest absolute Gasteiger partial charge is 0.445 e. The molecular formula is C40H36Cl2N6O6. The molecule has 2 unspecified atom stereocenters. The maximum Gasteiger partial charge on any atom is 0.409 e. The van der Waals surface area contributed by atoms with E-state index in [4.69, 9.17) is 32.4 Å². The number of benzene rings is 4. The predicted molar refractivity (Wildman–Crippen MR) is 204 cm³/mol. The SMILES string of the molecule is Cc1cccc(Cc2nnc(C(=O)C(NC(=O)CN3C(=O)C(NC(=O)OCc4ccccc4)N=C(c4ccccc4Cl)c4cc(Cl)ccc43)C(C)C)o2)c1. The second kappa shape index (κ2) is 16.9. The van der Waals surface area contributed by atoms with Crippen molar-refractivity contribution in [2.75, 3.05) is 11.4 Å². The molecule has 12 nitrogen and oxygen atoms in total. The van der Waals surface area contributed by atoms with Crippen LogP contribution in [0.1, 0.15) is 58.2 Å². The standard InChI is InChI=1S/C40H36Cl2N6O6/c1-23(2)34(36(50)38-47-46-33(54-38)19-26-13-9-10-24(3)18-26)43-32(49)21-48-31-17-16-27(41)20-29(31)35(28-14-7-8-15-30(28)42)44-37(39(48)51)45-40(52)53-22-25-11-5-4-6-12-25/h4-18,20,23,34,37H,19,21-22H2,1-3H3,(H,43,49)(H,45,52). The van der Waals surface area contributed by atoms with Crippen molar-refractivity contribution in [1.82, 2.24) is 20.8 Å². The molecule has 0 bridgehead atoms. The smallest absolute Gasteiger partial charge is 0.409 e. The first kappa shape index (κ1) is 37.9. The van der Waals surface area contributed by atoms with Crippen molar-refractivity contribution in [3.05, 3.63) is 147 Å². The molecule has 1 aromatic heterocycles. The Labute approximate surface area is 321 Å². The number of anilines is 1. The molecular weight excluding hydrogens is 731 g/mol. The molecule has 276 valence electrons. The van der Waals surface area contributed by atoms with Crippen LogP contribution in [0.4, 0.5) is 10.5 Å². The summed E-state index contributed by atoms with van der Waals surface area (Å²) in [7, 11) is 0. The summed E-state index contributed by atoms with van der Waals surface area (Å²) in [6.07, 6.45) is -2.14. The fraction of sp³-hybridized carbons (Fsp3) is 0.225. The Morgan fingerprint density at radius 1 is 0.889 bits per heavy atom. The summed E-state index contributed by atoms with van der Waals surface area (Å²) in [5.41, 5.74) is 4.09. The first-order chi connectivity index (χ1) is 26.0. The summed E-state index contributed by atoms with van der Waals surface area (Å²) in [5, 5.41) is 14.0. The van der Waals surface area contributed by atoms with E-state index in [-0.39, 0.29) is 29.8 Å². The number of alkyl carbamates (subject to hydrolysis) is 1. The minimum absolute atomic E-state index is 0.0608. The molecule has 6 rings (SSSR count). The van der Waals surface area contributed by atoms with Crippen molar-refractivity contribution in [2.24, 2.45) is 10.9 Å². The van der Waals surface area contributed by atoms with Gasteiger partial charge in [0, 0.05) is 21.2 Å². The lowest BCUT2D eigenvalue weighted by molar-refractivity contribution is -0.125. The Bertz CT molecular complexity index is 2220. The molecule has 0 aliphatic carbocycles. The predicted octanol–water partition coefficient (Wildman–Crippen LogP) is 6.74. The number of nitrogens with one attached hydrogen (secondary N) is 2. The highest BCUT2D eigenvalue weighted by atomic mass is 35.5. The van der Waals surface area contributed by atoms with Gasteiger partial charge >= 0.3 is 6.09 Å². The van der Waals surface area contributed by atoms with E-state index in [0.29, 0.717) is 27.6 Å². The lowest BCUT2D eigenvalue weighted by atomic mass is 9.99. The van der Waals surface area contributed by atoms with Gasteiger partial charge in [-0.15, -0.1) is 10.2 Å². The fourth-order valence-electron chi connectivity index (χ4n) is 5.91. The number of Topliss-reactive ketones (excluding diaryl/α,β-unsaturated/α-hetero) is 1. The Hall–Kier alpha value is -5.85. The number of aliphatic imine (C=N–C) groups is 1. The molecule has 1 aliphatic heterocycles. The van der Waals surface area contributed by atoms with E-state index in [1.807, 2.05) is 37.3 Å². The highest BCUT2D eigenvalue weighted by molar-refractivity contribution is 6.37. The van der Waals surface area contributed by atoms with Gasteiger partial charge in [-0.2, -0.15) is 0 Å². The van der Waals surface area contributed by atoms with Gasteiger partial charge in [-0.05, 0) is 48.2 Å². The molecule has 2 atom stereocenters. The van der Waals surface area contributed by atoms with Crippen LogP contribution in [0.5, 0.6) is 0 Å². The molecule has 14 heteroatoms. The third-order valence-electron chi connectivity index (χ3n) is 8.54. The molecule has 0 radical (unpaired) electrons. The number of benzodiazepines with no additional fused rings is 1. The molecule has 2 N–H and O–H groups in total. The molecule has 0 saturated carbocycles. The number of fused-ring (bicyclic) bond motifs is 1. The van der Waals surface area contributed by atoms with E-state index in [2.05, 4.69) is 25.8 Å². The molecule has 4 aromatic carbocycles. The Morgan fingerprint density at radius 3 is 2.37 bits per heavy atom. The van der Waals surface area contributed by atoms with Crippen LogP contribution in [0.2, 0.25) is 10.0 Å². The third-order valence-corrected chi connectivity index (χ3v) is 9.11. The molecule has 2 heterocycles. The number of aromatic nitrogens is 2. The van der Waals surface area contributed by atoms with Crippen molar-refractivity contribution in [2.45, 2.75) is 46.0 Å². The number of ketones is 1. The first-order valence-corrected chi connectivity index (χ1v) is 17.8. The molecule has 0 saturated heterocycles. The van der Waals surface area contributed by atoms with Crippen molar-refractivity contribution in [3.8, 4) is 0 Å². The molecule has 3 amide bonds. The third kappa shape index (κ3) is 9.02. The van der Waals surface area contributed by atoms with E-state index < -0.39 is 48.4 Å². The molecule has 0 fully saturated rings. The number of carbonyl (C=O) groups excluding carboxylic acids is 4. The van der Waals surface area contributed by atoms with E-state index in [0.717, 1.165) is 16.7 Å². The average molecular weight is 768 g/mol. The van der Waals surface area contributed by atoms with Crippen molar-refractivity contribution in [3.63, 3.8) is 0 Å². The van der Waals surface area contributed by atoms with Crippen LogP contribution in [0.15, 0.2) is 106 Å². The lowest BCUT2D eigenvalue weighted by Crippen LogP contribution is -2.53. The van der Waals surface area contributed by atoms with Gasteiger partial charge < -0.3 is 14.5 Å². The lowest BCUT2D eigenvalue weighted by Gasteiger charge is -2.26. The van der Waals surface area contributed by atoms with Gasteiger partial charge in [0.25, 0.3) is 11.8 Å². The maximum atomic E-state index is 14.4. The van der Waals surface area contributed by atoms with Crippen LogP contribution in [0.25, 0.3) is 0 Å². The molecule has 0 spiro atoms. The Morgan fingerprint density at radius 2 is 1.63 bits per heavy atom. The van der Waals surface area contributed by atoms with Gasteiger partial charge in [-0.25, -0.2) is 9.79 Å². The molecule has 1 aliphatic rings. The van der Waals surface area contributed by atoms with Crippen molar-refractivity contribution >= 4 is 58.3 Å². The number of halogens is 2. The summed E-state index contributed by atoms with van der Waals surface area (Å²) >= 11 is 13.1. The number of ether oxygens (including phenoxy) is 1. The van der Waals surface area contributed by atoms with Crippen LogP contribution < -0.4 is 15.5 Å². The van der Waals surface area contributed by atoms with Crippen LogP contribution in [0, 0.1) is 12.8 Å². The van der Waals surface area contributed by atoms with Gasteiger partial charge in [0.1, 0.15) is 13.2 Å². The van der Waals surface area contributed by atoms with Crippen LogP contribution in [-0.2, 0) is 27.4 Å². The van der Waals surface area contributed by atoms with Gasteiger partial charge in [0.15, 0.2) is 0 Å². The number of nitrogens with zero attached hydrogens (tertiary/aromatic N) is 4. The van der Waals surface area contributed by atoms with E-state index >= 15 is 0 Å². The van der Waals surface area contributed by atoms with Gasteiger partial charge in [-0.1, -0.05) is 115 Å². The Kier molecular flexibility index (Phi) is 11.8. The number of aryl methyl sites for hydroxylation is 1. The molecule has 5 aromatic rings. The monoisotopic (exact) mass is 766 g/mol. The summed E-state index contributed by atoms with van der Waals surface area (Å²) in [5.74, 6) is -2.42. The van der Waals surface area contributed by atoms with E-state index in [9.17, 15) is 19.2 Å². The highest BCUT2D eigenvalue weighted by Crippen LogP contribution is 2.32. The molecule has 54 heavy (non-hydrogen) atoms. The minimum atomic E-state index is -1.55. The zero-order chi connectivity index (χ0) is 38.4. The number of carbonyl (C=O) groups is 4. The van der Waals surface area contributed by atoms with E-state index in [1.165, 1.54) is 4.90 Å². The van der Waals surface area contributed by atoms with Gasteiger partial charge in [-0.3, -0.25) is 24.6 Å². The van der Waals surface area contributed by atoms with Crippen LogP contribution >= 0.6 is 23.2 Å². The summed E-state index contributed by atoms with van der Waals surface area (Å²) in [4.78, 5) is 60.8. The second-order valence-electron chi connectivity index (χ2n) is 13.0. The topological polar surface area (TPSA) is 156 Å².